The van der Waals surface area contributed by atoms with Crippen LogP contribution in [0, 0.1) is 18.7 Å². The van der Waals surface area contributed by atoms with E-state index in [2.05, 4.69) is 29.5 Å². The second-order valence-corrected chi connectivity index (χ2v) is 9.53. The van der Waals surface area contributed by atoms with Gasteiger partial charge in [-0.2, -0.15) is 0 Å². The lowest BCUT2D eigenvalue weighted by Gasteiger charge is -2.19. The van der Waals surface area contributed by atoms with E-state index in [4.69, 9.17) is 9.72 Å². The minimum absolute atomic E-state index is 0.256. The number of amides is 1. The zero-order valence-corrected chi connectivity index (χ0v) is 20.9. The summed E-state index contributed by atoms with van der Waals surface area (Å²) in [5, 5.41) is 9.03. The van der Waals surface area contributed by atoms with Crippen molar-refractivity contribution >= 4 is 28.1 Å². The van der Waals surface area contributed by atoms with Crippen LogP contribution in [0.2, 0.25) is 0 Å². The van der Waals surface area contributed by atoms with Gasteiger partial charge in [0.1, 0.15) is 11.6 Å². The van der Waals surface area contributed by atoms with Gasteiger partial charge in [-0.3, -0.25) is 4.79 Å². The van der Waals surface area contributed by atoms with Crippen molar-refractivity contribution in [2.45, 2.75) is 33.2 Å². The fourth-order valence-corrected chi connectivity index (χ4v) is 4.50. The number of anilines is 2. The lowest BCUT2D eigenvalue weighted by Crippen LogP contribution is -2.29. The van der Waals surface area contributed by atoms with Gasteiger partial charge in [0, 0.05) is 28.9 Å². The first-order chi connectivity index (χ1) is 16.8. The average Bonchev–Trinajstić information content (AvgIpc) is 3.47. The predicted molar refractivity (Wildman–Crippen MR) is 136 cm³/mol. The zero-order chi connectivity index (χ0) is 24.9. The quantitative estimate of drug-likeness (QED) is 0.297. The number of halogens is 1. The second-order valence-electron chi connectivity index (χ2n) is 8.67. The molecule has 0 radical (unpaired) electrons. The molecular weight excluding hydrogens is 465 g/mol. The van der Waals surface area contributed by atoms with Crippen LogP contribution in [0.25, 0.3) is 5.69 Å². The van der Waals surface area contributed by atoms with Crippen LogP contribution in [-0.4, -0.2) is 27.6 Å². The molecule has 4 rings (SSSR count). The van der Waals surface area contributed by atoms with Gasteiger partial charge in [-0.15, -0.1) is 11.3 Å². The first-order valence-corrected chi connectivity index (χ1v) is 12.2. The summed E-state index contributed by atoms with van der Waals surface area (Å²) in [4.78, 5) is 21.8. The number of hydrogen-bond donors (Lipinski definition) is 2. The number of thiazole rings is 1. The number of methoxy groups -OCH3 is 1. The Bertz CT molecular complexity index is 1300. The number of ether oxygens (including phenoxy) is 1. The lowest BCUT2D eigenvalue weighted by atomic mass is 10.0. The van der Waals surface area contributed by atoms with Crippen LogP contribution < -0.4 is 15.4 Å². The number of rotatable bonds is 9. The zero-order valence-electron chi connectivity index (χ0n) is 20.1. The minimum Gasteiger partial charge on any atom is -0.494 e. The smallest absolute Gasteiger partial charge is 0.251 e. The van der Waals surface area contributed by atoms with E-state index in [-0.39, 0.29) is 17.8 Å². The van der Waals surface area contributed by atoms with Crippen LogP contribution in [0.4, 0.5) is 15.2 Å². The summed E-state index contributed by atoms with van der Waals surface area (Å²) in [5.74, 6) is 0.414. The lowest BCUT2D eigenvalue weighted by molar-refractivity contribution is 0.0931. The molecule has 0 fully saturated rings. The van der Waals surface area contributed by atoms with E-state index in [0.717, 1.165) is 29.2 Å². The van der Waals surface area contributed by atoms with Crippen molar-refractivity contribution in [2.75, 3.05) is 12.4 Å². The molecule has 0 aliphatic heterocycles. The van der Waals surface area contributed by atoms with Gasteiger partial charge in [-0.1, -0.05) is 13.8 Å². The third kappa shape index (κ3) is 6.05. The van der Waals surface area contributed by atoms with Crippen molar-refractivity contribution in [3.63, 3.8) is 0 Å². The molecular formula is C26H28FN5O2S. The Hall–Kier alpha value is -3.72. The molecule has 0 saturated heterocycles. The fourth-order valence-electron chi connectivity index (χ4n) is 3.72. The maximum atomic E-state index is 13.2. The molecule has 2 aromatic carbocycles. The molecule has 1 amide bonds. The third-order valence-corrected chi connectivity index (χ3v) is 6.19. The van der Waals surface area contributed by atoms with Crippen LogP contribution in [0.1, 0.15) is 48.1 Å². The van der Waals surface area contributed by atoms with Crippen LogP contribution in [-0.2, 0) is 0 Å². The van der Waals surface area contributed by atoms with Gasteiger partial charge in [-0.25, -0.2) is 14.4 Å². The Morgan fingerprint density at radius 1 is 1.20 bits per heavy atom. The minimum atomic E-state index is -0.375. The Morgan fingerprint density at radius 3 is 2.63 bits per heavy atom. The molecule has 1 atom stereocenters. The molecule has 7 nitrogen and oxygen atoms in total. The fraction of sp³-hybridized carbons (Fsp3) is 0.269. The van der Waals surface area contributed by atoms with Crippen LogP contribution in [0.5, 0.6) is 5.75 Å². The number of hydrogen-bond acceptors (Lipinski definition) is 6. The van der Waals surface area contributed by atoms with Crippen LogP contribution >= 0.6 is 11.3 Å². The molecule has 2 heterocycles. The highest BCUT2D eigenvalue weighted by molar-refractivity contribution is 7.13. The summed E-state index contributed by atoms with van der Waals surface area (Å²) in [7, 11) is 1.63. The van der Waals surface area contributed by atoms with Crippen molar-refractivity contribution < 1.29 is 13.9 Å². The summed E-state index contributed by atoms with van der Waals surface area (Å²) < 4.78 is 20.7. The van der Waals surface area contributed by atoms with Crippen molar-refractivity contribution in [2.24, 2.45) is 5.92 Å². The van der Waals surface area contributed by atoms with Crippen LogP contribution in [0.15, 0.2) is 60.4 Å². The first-order valence-electron chi connectivity index (χ1n) is 11.3. The van der Waals surface area contributed by atoms with Gasteiger partial charge in [0.25, 0.3) is 5.91 Å². The number of aromatic nitrogens is 3. The molecule has 2 N–H and O–H groups in total. The van der Waals surface area contributed by atoms with Gasteiger partial charge in [0.05, 0.1) is 36.6 Å². The highest BCUT2D eigenvalue weighted by Crippen LogP contribution is 2.31. The van der Waals surface area contributed by atoms with Gasteiger partial charge in [0.15, 0.2) is 5.13 Å². The molecule has 0 saturated carbocycles. The van der Waals surface area contributed by atoms with E-state index in [0.29, 0.717) is 22.4 Å². The monoisotopic (exact) mass is 493 g/mol. The van der Waals surface area contributed by atoms with Crippen molar-refractivity contribution in [1.82, 2.24) is 19.9 Å². The summed E-state index contributed by atoms with van der Waals surface area (Å²) in [5.41, 5.74) is 3.83. The molecule has 9 heteroatoms. The molecule has 0 aliphatic carbocycles. The molecule has 0 aliphatic rings. The Balaban J connectivity index is 1.51. The molecule has 4 aromatic rings. The number of nitrogens with one attached hydrogen (secondary N) is 2. The summed E-state index contributed by atoms with van der Waals surface area (Å²) in [6, 6.07) is 11.1. The van der Waals surface area contributed by atoms with Gasteiger partial charge in [0.2, 0.25) is 0 Å². The maximum Gasteiger partial charge on any atom is 0.251 e. The molecule has 35 heavy (non-hydrogen) atoms. The average molecular weight is 494 g/mol. The standard InChI is InChI=1S/C26H28FN5O2S/c1-16(2)11-21(30-25(33)18-5-7-19(27)8-6-18)22-14-35-26(31-22)29-20-9-10-23(24(12-20)34-4)32-13-17(3)28-15-32/h5-10,12-16,21H,11H2,1-4H3,(H,29,31)(H,30,33)/t21-/m0/s1. The summed E-state index contributed by atoms with van der Waals surface area (Å²) in [6.07, 6.45) is 4.42. The molecule has 0 bridgehead atoms. The maximum absolute atomic E-state index is 13.2. The highest BCUT2D eigenvalue weighted by atomic mass is 32.1. The molecule has 0 unspecified atom stereocenters. The SMILES string of the molecule is COc1cc(Nc2nc([C@H](CC(C)C)NC(=O)c3ccc(F)cc3)cs2)ccc1-n1cnc(C)c1. The normalized spacial score (nSPS) is 11.9. The van der Waals surface area contributed by atoms with E-state index in [9.17, 15) is 9.18 Å². The third-order valence-electron chi connectivity index (χ3n) is 5.42. The first kappa shape index (κ1) is 24.4. The Labute approximate surface area is 208 Å². The van der Waals surface area contributed by atoms with E-state index >= 15 is 0 Å². The van der Waals surface area contributed by atoms with Gasteiger partial charge < -0.3 is 19.9 Å². The van der Waals surface area contributed by atoms with E-state index < -0.39 is 0 Å². The van der Waals surface area contributed by atoms with Gasteiger partial charge in [-0.05, 0) is 55.7 Å². The number of benzene rings is 2. The van der Waals surface area contributed by atoms with Crippen molar-refractivity contribution in [1.29, 1.82) is 0 Å². The van der Waals surface area contributed by atoms with E-state index in [1.54, 1.807) is 13.4 Å². The number of aryl methyl sites for hydroxylation is 1. The number of imidazole rings is 1. The molecule has 2 aromatic heterocycles. The molecule has 0 spiro atoms. The Morgan fingerprint density at radius 2 is 1.97 bits per heavy atom. The second kappa shape index (κ2) is 10.7. The largest absolute Gasteiger partial charge is 0.494 e. The molecule has 182 valence electrons. The number of nitrogens with zero attached hydrogens (tertiary/aromatic N) is 3. The van der Waals surface area contributed by atoms with Crippen molar-refractivity contribution in [3.8, 4) is 11.4 Å². The number of carbonyl (C=O) groups excluding carboxylic acids is 1. The number of carbonyl (C=O) groups is 1. The highest BCUT2D eigenvalue weighted by Gasteiger charge is 2.20. The van der Waals surface area contributed by atoms with Gasteiger partial charge >= 0.3 is 0 Å². The van der Waals surface area contributed by atoms with E-state index in [1.165, 1.54) is 35.6 Å². The van der Waals surface area contributed by atoms with E-state index in [1.807, 2.05) is 41.3 Å². The van der Waals surface area contributed by atoms with Crippen molar-refractivity contribution in [3.05, 3.63) is 83.1 Å². The van der Waals surface area contributed by atoms with Crippen LogP contribution in [0.3, 0.4) is 0 Å². The summed E-state index contributed by atoms with van der Waals surface area (Å²) >= 11 is 1.46. The summed E-state index contributed by atoms with van der Waals surface area (Å²) in [6.45, 7) is 6.13. The Kier molecular flexibility index (Phi) is 7.45. The predicted octanol–water partition coefficient (Wildman–Crippen LogP) is 6.05. The topological polar surface area (TPSA) is 81.1 Å².